The van der Waals surface area contributed by atoms with Crippen molar-refractivity contribution in [2.24, 2.45) is 0 Å². The summed E-state index contributed by atoms with van der Waals surface area (Å²) in [6.45, 7) is 2.20. The van der Waals surface area contributed by atoms with E-state index in [1.807, 2.05) is 23.6 Å². The van der Waals surface area contributed by atoms with Crippen LogP contribution in [0.2, 0.25) is 0 Å². The Labute approximate surface area is 158 Å². The minimum absolute atomic E-state index is 0.000626. The molecular formula is C17H16N6O3S. The van der Waals surface area contributed by atoms with Crippen LogP contribution in [0, 0.1) is 6.92 Å². The van der Waals surface area contributed by atoms with Crippen molar-refractivity contribution in [1.29, 1.82) is 0 Å². The maximum Gasteiger partial charge on any atom is 0.321 e. The van der Waals surface area contributed by atoms with Crippen molar-refractivity contribution in [1.82, 2.24) is 20.1 Å². The first kappa shape index (κ1) is 17.2. The van der Waals surface area contributed by atoms with Crippen LogP contribution in [0.25, 0.3) is 11.3 Å². The van der Waals surface area contributed by atoms with E-state index in [0.717, 1.165) is 22.5 Å². The van der Waals surface area contributed by atoms with Crippen LogP contribution in [0.1, 0.15) is 17.3 Å². The van der Waals surface area contributed by atoms with Crippen LogP contribution in [0.5, 0.6) is 0 Å². The molecule has 3 heterocycles. The molecule has 0 radical (unpaired) electrons. The summed E-state index contributed by atoms with van der Waals surface area (Å²) >= 11 is 1.34. The number of nitrogens with zero attached hydrogens (tertiary/aromatic N) is 4. The van der Waals surface area contributed by atoms with Crippen molar-refractivity contribution < 1.29 is 14.0 Å². The van der Waals surface area contributed by atoms with Crippen molar-refractivity contribution in [3.8, 4) is 11.3 Å². The average molecular weight is 384 g/mol. The molecule has 0 unspecified atom stereocenters. The molecule has 9 nitrogen and oxygen atoms in total. The van der Waals surface area contributed by atoms with Crippen LogP contribution in [0.3, 0.4) is 0 Å². The zero-order valence-electron chi connectivity index (χ0n) is 14.6. The Morgan fingerprint density at radius 1 is 1.41 bits per heavy atom. The molecule has 1 aliphatic heterocycles. The van der Waals surface area contributed by atoms with E-state index in [-0.39, 0.29) is 24.2 Å². The highest BCUT2D eigenvalue weighted by Crippen LogP contribution is 2.30. The summed E-state index contributed by atoms with van der Waals surface area (Å²) in [6.07, 6.45) is 0.000626. The number of hydrogen-bond acceptors (Lipinski definition) is 7. The summed E-state index contributed by atoms with van der Waals surface area (Å²) in [7, 11) is 1.74. The SMILES string of the molecule is Cc1nnc(CC(=O)Nc2nc(-c3ccc4c(c3)CN(C)C(=O)N4)cs2)o1. The lowest BCUT2D eigenvalue weighted by Crippen LogP contribution is -2.35. The Bertz CT molecular complexity index is 1030. The number of aromatic nitrogens is 3. The van der Waals surface area contributed by atoms with Gasteiger partial charge in [-0.25, -0.2) is 9.78 Å². The first-order valence-corrected chi connectivity index (χ1v) is 9.05. The van der Waals surface area contributed by atoms with Gasteiger partial charge in [0.1, 0.15) is 6.42 Å². The number of amides is 3. The highest BCUT2D eigenvalue weighted by Gasteiger charge is 2.20. The molecule has 3 amide bonds. The van der Waals surface area contributed by atoms with Crippen molar-refractivity contribution in [2.45, 2.75) is 19.9 Å². The Morgan fingerprint density at radius 3 is 3.04 bits per heavy atom. The lowest BCUT2D eigenvalue weighted by Gasteiger charge is -2.26. The molecule has 1 aromatic carbocycles. The smallest absolute Gasteiger partial charge is 0.321 e. The summed E-state index contributed by atoms with van der Waals surface area (Å²) in [5.74, 6) is 0.417. The molecule has 0 bridgehead atoms. The normalized spacial score (nSPS) is 13.3. The first-order valence-electron chi connectivity index (χ1n) is 8.18. The summed E-state index contributed by atoms with van der Waals surface area (Å²) < 4.78 is 5.20. The molecule has 138 valence electrons. The molecular weight excluding hydrogens is 368 g/mol. The maximum atomic E-state index is 12.1. The van der Waals surface area contributed by atoms with Crippen molar-refractivity contribution in [2.75, 3.05) is 17.7 Å². The van der Waals surface area contributed by atoms with Crippen molar-refractivity contribution >= 4 is 34.1 Å². The zero-order chi connectivity index (χ0) is 19.0. The highest BCUT2D eigenvalue weighted by atomic mass is 32.1. The van der Waals surface area contributed by atoms with E-state index in [1.165, 1.54) is 11.3 Å². The third-order valence-corrected chi connectivity index (χ3v) is 4.78. The summed E-state index contributed by atoms with van der Waals surface area (Å²) in [5, 5.41) is 15.4. The summed E-state index contributed by atoms with van der Waals surface area (Å²) in [5.41, 5.74) is 3.49. The van der Waals surface area contributed by atoms with Gasteiger partial charge in [0.15, 0.2) is 5.13 Å². The fourth-order valence-corrected chi connectivity index (χ4v) is 3.45. The molecule has 1 aliphatic rings. The molecule has 0 spiro atoms. The Hall–Kier alpha value is -3.27. The van der Waals surface area contributed by atoms with Gasteiger partial charge in [-0.05, 0) is 17.7 Å². The Balaban J connectivity index is 1.47. The summed E-state index contributed by atoms with van der Waals surface area (Å²) in [4.78, 5) is 29.9. The second kappa shape index (κ2) is 6.80. The number of aryl methyl sites for hydroxylation is 1. The number of carbonyl (C=O) groups excluding carboxylic acids is 2. The van der Waals surface area contributed by atoms with Crippen LogP contribution in [-0.2, 0) is 17.8 Å². The topological polar surface area (TPSA) is 113 Å². The number of benzene rings is 1. The number of fused-ring (bicyclic) bond motifs is 1. The molecule has 4 rings (SSSR count). The quantitative estimate of drug-likeness (QED) is 0.715. The summed E-state index contributed by atoms with van der Waals surface area (Å²) in [6, 6.07) is 5.63. The van der Waals surface area contributed by atoms with E-state index in [4.69, 9.17) is 4.42 Å². The van der Waals surface area contributed by atoms with E-state index in [0.29, 0.717) is 17.6 Å². The third kappa shape index (κ3) is 3.65. The molecule has 0 saturated heterocycles. The van der Waals surface area contributed by atoms with Crippen LogP contribution in [0.4, 0.5) is 15.6 Å². The van der Waals surface area contributed by atoms with Crippen molar-refractivity contribution in [3.63, 3.8) is 0 Å². The van der Waals surface area contributed by atoms with E-state index in [9.17, 15) is 9.59 Å². The third-order valence-electron chi connectivity index (χ3n) is 4.03. The molecule has 27 heavy (non-hydrogen) atoms. The fraction of sp³-hybridized carbons (Fsp3) is 0.235. The highest BCUT2D eigenvalue weighted by molar-refractivity contribution is 7.14. The van der Waals surface area contributed by atoms with Gasteiger partial charge in [0.05, 0.1) is 5.69 Å². The van der Waals surface area contributed by atoms with Gasteiger partial charge < -0.3 is 20.0 Å². The predicted molar refractivity (Wildman–Crippen MR) is 99.4 cm³/mol. The fourth-order valence-electron chi connectivity index (χ4n) is 2.72. The number of urea groups is 1. The van der Waals surface area contributed by atoms with Gasteiger partial charge in [-0.2, -0.15) is 0 Å². The standard InChI is InChI=1S/C17H16N6O3S/c1-9-21-22-15(26-9)6-14(24)20-16-18-13(8-27-16)10-3-4-12-11(5-10)7-23(2)17(25)19-12/h3-5,8H,6-7H2,1-2H3,(H,19,25)(H,18,20,24). The molecule has 2 N–H and O–H groups in total. The van der Waals surface area contributed by atoms with Gasteiger partial charge in [0.2, 0.25) is 17.7 Å². The Morgan fingerprint density at radius 2 is 2.26 bits per heavy atom. The minimum atomic E-state index is -0.269. The van der Waals surface area contributed by atoms with Gasteiger partial charge >= 0.3 is 6.03 Å². The molecule has 0 atom stereocenters. The molecule has 0 fully saturated rings. The number of carbonyl (C=O) groups is 2. The minimum Gasteiger partial charge on any atom is -0.425 e. The molecule has 0 aliphatic carbocycles. The van der Waals surface area contributed by atoms with Crippen LogP contribution in [-0.4, -0.2) is 39.1 Å². The van der Waals surface area contributed by atoms with Gasteiger partial charge in [0.25, 0.3) is 0 Å². The lowest BCUT2D eigenvalue weighted by molar-refractivity contribution is -0.115. The van der Waals surface area contributed by atoms with Gasteiger partial charge in [-0.1, -0.05) is 6.07 Å². The van der Waals surface area contributed by atoms with Crippen LogP contribution < -0.4 is 10.6 Å². The number of anilines is 2. The van der Waals surface area contributed by atoms with E-state index in [2.05, 4.69) is 25.8 Å². The average Bonchev–Trinajstić information content (AvgIpc) is 3.24. The number of thiazole rings is 1. The number of hydrogen-bond donors (Lipinski definition) is 2. The van der Waals surface area contributed by atoms with E-state index < -0.39 is 0 Å². The largest absolute Gasteiger partial charge is 0.425 e. The Kier molecular flexibility index (Phi) is 4.32. The second-order valence-electron chi connectivity index (χ2n) is 6.14. The molecule has 0 saturated carbocycles. The first-order chi connectivity index (χ1) is 13.0. The number of rotatable bonds is 4. The van der Waals surface area contributed by atoms with Crippen LogP contribution in [0.15, 0.2) is 28.0 Å². The molecule has 10 heteroatoms. The van der Waals surface area contributed by atoms with E-state index >= 15 is 0 Å². The maximum absolute atomic E-state index is 12.1. The predicted octanol–water partition coefficient (Wildman–Crippen LogP) is 2.66. The second-order valence-corrected chi connectivity index (χ2v) is 6.99. The van der Waals surface area contributed by atoms with Gasteiger partial charge in [-0.15, -0.1) is 21.5 Å². The molecule has 2 aromatic heterocycles. The zero-order valence-corrected chi connectivity index (χ0v) is 15.5. The van der Waals surface area contributed by atoms with E-state index in [1.54, 1.807) is 18.9 Å². The monoisotopic (exact) mass is 384 g/mol. The lowest BCUT2D eigenvalue weighted by atomic mass is 10.0. The van der Waals surface area contributed by atoms with Gasteiger partial charge in [-0.3, -0.25) is 4.79 Å². The van der Waals surface area contributed by atoms with Crippen molar-refractivity contribution in [3.05, 3.63) is 40.9 Å². The van der Waals surface area contributed by atoms with Gasteiger partial charge in [0, 0.05) is 37.1 Å². The number of nitrogens with one attached hydrogen (secondary N) is 2. The van der Waals surface area contributed by atoms with Crippen LogP contribution >= 0.6 is 11.3 Å². The molecule has 3 aromatic rings.